The minimum atomic E-state index is -0.293. The molecule has 2 aromatic carbocycles. The summed E-state index contributed by atoms with van der Waals surface area (Å²) in [6, 6.07) is 17.0. The molecule has 2 aromatic rings. The van der Waals surface area contributed by atoms with E-state index in [1.807, 2.05) is 44.2 Å². The van der Waals surface area contributed by atoms with Crippen LogP contribution in [-0.2, 0) is 11.3 Å². The third kappa shape index (κ3) is 4.95. The van der Waals surface area contributed by atoms with Gasteiger partial charge in [0, 0.05) is 0 Å². The van der Waals surface area contributed by atoms with Crippen molar-refractivity contribution in [2.45, 2.75) is 20.5 Å². The molecule has 110 valence electrons. The van der Waals surface area contributed by atoms with E-state index in [-0.39, 0.29) is 5.97 Å². The number of hydrogen-bond donors (Lipinski definition) is 0. The maximum atomic E-state index is 11.8. The fourth-order valence-electron chi connectivity index (χ4n) is 1.75. The van der Waals surface area contributed by atoms with Crippen LogP contribution >= 0.6 is 0 Å². The molecule has 0 atom stereocenters. The minimum Gasteiger partial charge on any atom is -0.489 e. The van der Waals surface area contributed by atoms with Crippen LogP contribution in [0.2, 0.25) is 0 Å². The summed E-state index contributed by atoms with van der Waals surface area (Å²) in [5, 5.41) is 0. The van der Waals surface area contributed by atoms with E-state index in [4.69, 9.17) is 9.47 Å². The summed E-state index contributed by atoms with van der Waals surface area (Å²) in [6.45, 7) is 4.96. The number of carbonyl (C=O) groups is 1. The van der Waals surface area contributed by atoms with Crippen LogP contribution in [0, 0.1) is 5.92 Å². The fraction of sp³-hybridized carbons (Fsp3) is 0.278. The van der Waals surface area contributed by atoms with E-state index in [0.717, 1.165) is 11.3 Å². The molecule has 0 radical (unpaired) electrons. The lowest BCUT2D eigenvalue weighted by Crippen LogP contribution is -2.10. The zero-order valence-electron chi connectivity index (χ0n) is 12.4. The Kier molecular flexibility index (Phi) is 5.38. The molecule has 0 unspecified atom stereocenters. The Bertz CT molecular complexity index is 559. The van der Waals surface area contributed by atoms with Gasteiger partial charge in [-0.15, -0.1) is 0 Å². The average molecular weight is 284 g/mol. The molecule has 0 bridgehead atoms. The Labute approximate surface area is 125 Å². The number of hydrogen-bond acceptors (Lipinski definition) is 3. The Morgan fingerprint density at radius 3 is 2.29 bits per heavy atom. The Balaban J connectivity index is 1.88. The van der Waals surface area contributed by atoms with Crippen LogP contribution < -0.4 is 4.74 Å². The molecule has 0 aliphatic rings. The highest BCUT2D eigenvalue weighted by atomic mass is 16.5. The monoisotopic (exact) mass is 284 g/mol. The topological polar surface area (TPSA) is 35.5 Å². The number of esters is 1. The van der Waals surface area contributed by atoms with Crippen LogP contribution in [0.5, 0.6) is 5.75 Å². The van der Waals surface area contributed by atoms with Crippen molar-refractivity contribution >= 4 is 5.97 Å². The second-order valence-electron chi connectivity index (χ2n) is 5.29. The molecule has 0 aliphatic carbocycles. The van der Waals surface area contributed by atoms with Gasteiger partial charge in [0.15, 0.2) is 0 Å². The van der Waals surface area contributed by atoms with Gasteiger partial charge in [-0.25, -0.2) is 4.79 Å². The fourth-order valence-corrected chi connectivity index (χ4v) is 1.75. The summed E-state index contributed by atoms with van der Waals surface area (Å²) in [4.78, 5) is 11.8. The summed E-state index contributed by atoms with van der Waals surface area (Å²) < 4.78 is 10.9. The van der Waals surface area contributed by atoms with Gasteiger partial charge in [-0.1, -0.05) is 44.2 Å². The van der Waals surface area contributed by atoms with Gasteiger partial charge in [-0.3, -0.25) is 0 Å². The Morgan fingerprint density at radius 1 is 1.00 bits per heavy atom. The van der Waals surface area contributed by atoms with Gasteiger partial charge in [0.05, 0.1) is 12.2 Å². The van der Waals surface area contributed by atoms with Gasteiger partial charge < -0.3 is 9.47 Å². The van der Waals surface area contributed by atoms with Crippen molar-refractivity contribution in [1.29, 1.82) is 0 Å². The van der Waals surface area contributed by atoms with E-state index < -0.39 is 0 Å². The number of ether oxygens (including phenoxy) is 2. The molecule has 0 aromatic heterocycles. The molecule has 0 fully saturated rings. The highest BCUT2D eigenvalue weighted by molar-refractivity contribution is 5.89. The molecule has 21 heavy (non-hydrogen) atoms. The second-order valence-corrected chi connectivity index (χ2v) is 5.29. The molecular formula is C18H20O3. The summed E-state index contributed by atoms with van der Waals surface area (Å²) >= 11 is 0. The second kappa shape index (κ2) is 7.48. The first kappa shape index (κ1) is 15.1. The molecule has 0 heterocycles. The maximum Gasteiger partial charge on any atom is 0.338 e. The lowest BCUT2D eigenvalue weighted by atomic mass is 10.2. The predicted molar refractivity (Wildman–Crippen MR) is 82.3 cm³/mol. The number of carbonyl (C=O) groups excluding carboxylic acids is 1. The van der Waals surface area contributed by atoms with Crippen molar-refractivity contribution in [2.75, 3.05) is 6.61 Å². The first-order valence-corrected chi connectivity index (χ1v) is 7.09. The SMILES string of the molecule is CC(C)COC(=O)c1ccc(OCc2ccccc2)cc1. The largest absolute Gasteiger partial charge is 0.489 e. The standard InChI is InChI=1S/C18H20O3/c1-14(2)12-21-18(19)16-8-10-17(11-9-16)20-13-15-6-4-3-5-7-15/h3-11,14H,12-13H2,1-2H3. The number of rotatable bonds is 6. The molecule has 2 rings (SSSR count). The van der Waals surface area contributed by atoms with Crippen LogP contribution in [0.25, 0.3) is 0 Å². The van der Waals surface area contributed by atoms with Gasteiger partial charge >= 0.3 is 5.97 Å². The Morgan fingerprint density at radius 2 is 1.67 bits per heavy atom. The minimum absolute atomic E-state index is 0.293. The van der Waals surface area contributed by atoms with Gasteiger partial charge in [-0.05, 0) is 35.7 Å². The smallest absolute Gasteiger partial charge is 0.338 e. The lowest BCUT2D eigenvalue weighted by molar-refractivity contribution is 0.0459. The summed E-state index contributed by atoms with van der Waals surface area (Å²) in [7, 11) is 0. The van der Waals surface area contributed by atoms with Crippen molar-refractivity contribution in [3.63, 3.8) is 0 Å². The predicted octanol–water partition coefficient (Wildman–Crippen LogP) is 4.08. The van der Waals surface area contributed by atoms with Crippen molar-refractivity contribution in [3.8, 4) is 5.75 Å². The quantitative estimate of drug-likeness (QED) is 0.750. The van der Waals surface area contributed by atoms with Crippen LogP contribution in [-0.4, -0.2) is 12.6 Å². The normalized spacial score (nSPS) is 10.4. The van der Waals surface area contributed by atoms with E-state index >= 15 is 0 Å². The van der Waals surface area contributed by atoms with E-state index in [2.05, 4.69) is 0 Å². The molecule has 3 nitrogen and oxygen atoms in total. The van der Waals surface area contributed by atoms with E-state index in [0.29, 0.717) is 24.7 Å². The van der Waals surface area contributed by atoms with Gasteiger partial charge in [-0.2, -0.15) is 0 Å². The third-order valence-electron chi connectivity index (χ3n) is 2.89. The van der Waals surface area contributed by atoms with Crippen molar-refractivity contribution in [1.82, 2.24) is 0 Å². The van der Waals surface area contributed by atoms with Crippen LogP contribution in [0.15, 0.2) is 54.6 Å². The third-order valence-corrected chi connectivity index (χ3v) is 2.89. The highest BCUT2D eigenvalue weighted by Gasteiger charge is 2.08. The summed E-state index contributed by atoms with van der Waals surface area (Å²) in [5.41, 5.74) is 1.65. The number of benzene rings is 2. The van der Waals surface area contributed by atoms with Crippen LogP contribution in [0.1, 0.15) is 29.8 Å². The van der Waals surface area contributed by atoms with Gasteiger partial charge in [0.2, 0.25) is 0 Å². The van der Waals surface area contributed by atoms with Crippen LogP contribution in [0.4, 0.5) is 0 Å². The molecule has 0 spiro atoms. The van der Waals surface area contributed by atoms with Gasteiger partial charge in [0.1, 0.15) is 12.4 Å². The molecule has 0 saturated carbocycles. The summed E-state index contributed by atoms with van der Waals surface area (Å²) in [6.07, 6.45) is 0. The van der Waals surface area contributed by atoms with E-state index in [9.17, 15) is 4.79 Å². The average Bonchev–Trinajstić information content (AvgIpc) is 2.52. The molecular weight excluding hydrogens is 264 g/mol. The van der Waals surface area contributed by atoms with E-state index in [1.165, 1.54) is 0 Å². The first-order valence-electron chi connectivity index (χ1n) is 7.09. The van der Waals surface area contributed by atoms with Crippen molar-refractivity contribution < 1.29 is 14.3 Å². The van der Waals surface area contributed by atoms with Crippen molar-refractivity contribution in [2.24, 2.45) is 5.92 Å². The van der Waals surface area contributed by atoms with E-state index in [1.54, 1.807) is 24.3 Å². The lowest BCUT2D eigenvalue weighted by Gasteiger charge is -2.09. The van der Waals surface area contributed by atoms with Gasteiger partial charge in [0.25, 0.3) is 0 Å². The molecule has 0 N–H and O–H groups in total. The highest BCUT2D eigenvalue weighted by Crippen LogP contribution is 2.15. The van der Waals surface area contributed by atoms with Crippen LogP contribution in [0.3, 0.4) is 0 Å². The van der Waals surface area contributed by atoms with Crippen molar-refractivity contribution in [3.05, 3.63) is 65.7 Å². The molecule has 0 aliphatic heterocycles. The zero-order chi connectivity index (χ0) is 15.1. The summed E-state index contributed by atoms with van der Waals surface area (Å²) in [5.74, 6) is 0.778. The maximum absolute atomic E-state index is 11.8. The molecule has 0 amide bonds. The molecule has 3 heteroatoms. The molecule has 0 saturated heterocycles. The first-order chi connectivity index (χ1) is 10.1. The Hall–Kier alpha value is -2.29. The zero-order valence-corrected chi connectivity index (χ0v) is 12.4.